The summed E-state index contributed by atoms with van der Waals surface area (Å²) in [7, 11) is 0. The molecule has 0 spiro atoms. The molecule has 6 nitrogen and oxygen atoms in total. The van der Waals surface area contributed by atoms with Crippen molar-refractivity contribution in [2.24, 2.45) is 5.92 Å². The first-order valence-electron chi connectivity index (χ1n) is 6.97. The van der Waals surface area contributed by atoms with Crippen LogP contribution in [0.3, 0.4) is 0 Å². The highest BCUT2D eigenvalue weighted by Gasteiger charge is 2.33. The van der Waals surface area contributed by atoms with E-state index in [2.05, 4.69) is 0 Å². The maximum atomic E-state index is 12.5. The Bertz CT molecular complexity index is 602. The minimum absolute atomic E-state index is 0.0603. The molecule has 2 heterocycles. The Morgan fingerprint density at radius 3 is 2.60 bits per heavy atom. The molecule has 112 valence electrons. The van der Waals surface area contributed by atoms with Gasteiger partial charge in [0.2, 0.25) is 0 Å². The summed E-state index contributed by atoms with van der Waals surface area (Å²) >= 11 is 0. The normalized spacial score (nSPS) is 26.4. The monoisotopic (exact) mass is 282 g/mol. The van der Waals surface area contributed by atoms with Gasteiger partial charge in [-0.05, 0) is 33.1 Å². The first-order chi connectivity index (χ1) is 9.36. The highest BCUT2D eigenvalue weighted by atomic mass is 16.5. The maximum Gasteiger partial charge on any atom is 0.333 e. The summed E-state index contributed by atoms with van der Waals surface area (Å²) in [4.78, 5) is 24.5. The van der Waals surface area contributed by atoms with Gasteiger partial charge in [-0.1, -0.05) is 6.92 Å². The fraction of sp³-hybridized carbons (Fsp3) is 0.714. The minimum Gasteiger partial charge on any atom is -0.394 e. The van der Waals surface area contributed by atoms with Gasteiger partial charge in [-0.25, -0.2) is 4.79 Å². The number of rotatable bonds is 3. The Morgan fingerprint density at radius 2 is 2.10 bits per heavy atom. The fourth-order valence-corrected chi connectivity index (χ4v) is 2.65. The van der Waals surface area contributed by atoms with E-state index in [-0.39, 0.29) is 35.9 Å². The van der Waals surface area contributed by atoms with Crippen LogP contribution in [0.15, 0.2) is 15.8 Å². The number of aliphatic hydroxyl groups is 1. The molecule has 0 aromatic carbocycles. The van der Waals surface area contributed by atoms with E-state index in [1.54, 1.807) is 27.0 Å². The zero-order chi connectivity index (χ0) is 15.0. The highest BCUT2D eigenvalue weighted by molar-refractivity contribution is 5.04. The molecule has 1 unspecified atom stereocenters. The van der Waals surface area contributed by atoms with Gasteiger partial charge in [0, 0.05) is 17.8 Å². The minimum atomic E-state index is -0.418. The standard InChI is InChI=1S/C14H22N2O4/c1-8(2)16-13(18)10(4)6-15(14(16)19)12-5-9(3)11(7-17)20-12/h6,8-9,11-12,17H,5,7H2,1-4H3/t9?,11-,12-/m0/s1. The van der Waals surface area contributed by atoms with Gasteiger partial charge in [0.1, 0.15) is 6.23 Å². The van der Waals surface area contributed by atoms with Crippen LogP contribution in [0, 0.1) is 12.8 Å². The molecular formula is C14H22N2O4. The first kappa shape index (κ1) is 15.0. The predicted molar refractivity (Wildman–Crippen MR) is 74.9 cm³/mol. The zero-order valence-corrected chi connectivity index (χ0v) is 12.4. The van der Waals surface area contributed by atoms with E-state index in [4.69, 9.17) is 4.74 Å². The van der Waals surface area contributed by atoms with E-state index in [1.807, 2.05) is 6.92 Å². The van der Waals surface area contributed by atoms with Gasteiger partial charge in [0.25, 0.3) is 5.56 Å². The zero-order valence-electron chi connectivity index (χ0n) is 12.4. The fourth-order valence-electron chi connectivity index (χ4n) is 2.65. The molecule has 3 atom stereocenters. The van der Waals surface area contributed by atoms with E-state index in [0.717, 1.165) is 0 Å². The molecule has 1 N–H and O–H groups in total. The van der Waals surface area contributed by atoms with Crippen LogP contribution in [-0.4, -0.2) is 27.0 Å². The molecule has 1 fully saturated rings. The molecule has 0 aliphatic carbocycles. The van der Waals surface area contributed by atoms with Gasteiger partial charge in [0.05, 0.1) is 12.7 Å². The molecule has 0 radical (unpaired) electrons. The summed E-state index contributed by atoms with van der Waals surface area (Å²) in [5, 5.41) is 9.24. The lowest BCUT2D eigenvalue weighted by molar-refractivity contribution is -0.0320. The summed E-state index contributed by atoms with van der Waals surface area (Å²) in [6.45, 7) is 7.23. The number of ether oxygens (including phenoxy) is 1. The number of hydrogen-bond donors (Lipinski definition) is 1. The molecule has 2 rings (SSSR count). The second-order valence-electron chi connectivity index (χ2n) is 5.80. The third-order valence-corrected chi connectivity index (χ3v) is 3.86. The molecule has 0 saturated carbocycles. The molecule has 20 heavy (non-hydrogen) atoms. The quantitative estimate of drug-likeness (QED) is 0.890. The largest absolute Gasteiger partial charge is 0.394 e. The van der Waals surface area contributed by atoms with E-state index in [9.17, 15) is 14.7 Å². The van der Waals surface area contributed by atoms with Crippen molar-refractivity contribution in [3.63, 3.8) is 0 Å². The lowest BCUT2D eigenvalue weighted by Crippen LogP contribution is -2.43. The number of aryl methyl sites for hydroxylation is 1. The van der Waals surface area contributed by atoms with E-state index >= 15 is 0 Å². The molecule has 6 heteroatoms. The van der Waals surface area contributed by atoms with Gasteiger partial charge in [-0.3, -0.25) is 13.9 Å². The van der Waals surface area contributed by atoms with Crippen LogP contribution in [0.5, 0.6) is 0 Å². The van der Waals surface area contributed by atoms with E-state index in [1.165, 1.54) is 9.13 Å². The smallest absolute Gasteiger partial charge is 0.333 e. The Kier molecular flexibility index (Phi) is 4.15. The van der Waals surface area contributed by atoms with Crippen molar-refractivity contribution in [2.45, 2.75) is 52.5 Å². The van der Waals surface area contributed by atoms with E-state index < -0.39 is 6.23 Å². The highest BCUT2D eigenvalue weighted by Crippen LogP contribution is 2.31. The van der Waals surface area contributed by atoms with Gasteiger partial charge in [-0.15, -0.1) is 0 Å². The molecule has 1 aromatic heterocycles. The van der Waals surface area contributed by atoms with Crippen LogP contribution in [0.2, 0.25) is 0 Å². The Morgan fingerprint density at radius 1 is 1.45 bits per heavy atom. The topological polar surface area (TPSA) is 73.5 Å². The predicted octanol–water partition coefficient (Wildman–Crippen LogP) is 0.815. The van der Waals surface area contributed by atoms with Crippen LogP contribution in [0.25, 0.3) is 0 Å². The Hall–Kier alpha value is -1.40. The van der Waals surface area contributed by atoms with Crippen LogP contribution in [-0.2, 0) is 4.74 Å². The van der Waals surface area contributed by atoms with Gasteiger partial charge in [0.15, 0.2) is 0 Å². The third kappa shape index (κ3) is 2.45. The van der Waals surface area contributed by atoms with Crippen molar-refractivity contribution in [3.05, 3.63) is 32.6 Å². The SMILES string of the molecule is Cc1cn([C@@H]2CC(C)[C@H](CO)O2)c(=O)n(C(C)C)c1=O. The Labute approximate surface area is 117 Å². The lowest BCUT2D eigenvalue weighted by Gasteiger charge is -2.19. The average Bonchev–Trinajstić information content (AvgIpc) is 2.74. The number of aliphatic hydroxyl groups excluding tert-OH is 1. The van der Waals surface area contributed by atoms with Gasteiger partial charge < -0.3 is 9.84 Å². The van der Waals surface area contributed by atoms with Gasteiger partial charge in [-0.2, -0.15) is 0 Å². The molecule has 1 aliphatic heterocycles. The average molecular weight is 282 g/mol. The molecule has 0 amide bonds. The Balaban J connectivity index is 2.49. The molecule has 1 aromatic rings. The summed E-state index contributed by atoms with van der Waals surface area (Å²) < 4.78 is 8.44. The van der Waals surface area contributed by atoms with Crippen molar-refractivity contribution in [3.8, 4) is 0 Å². The molecule has 1 aliphatic rings. The molecular weight excluding hydrogens is 260 g/mol. The van der Waals surface area contributed by atoms with Crippen molar-refractivity contribution >= 4 is 0 Å². The van der Waals surface area contributed by atoms with E-state index in [0.29, 0.717) is 12.0 Å². The van der Waals surface area contributed by atoms with Crippen molar-refractivity contribution < 1.29 is 9.84 Å². The second kappa shape index (κ2) is 5.54. The van der Waals surface area contributed by atoms with Crippen LogP contribution < -0.4 is 11.2 Å². The maximum absolute atomic E-state index is 12.5. The first-order valence-corrected chi connectivity index (χ1v) is 6.97. The van der Waals surface area contributed by atoms with Crippen molar-refractivity contribution in [1.29, 1.82) is 0 Å². The number of hydrogen-bond acceptors (Lipinski definition) is 4. The summed E-state index contributed by atoms with van der Waals surface area (Å²) in [5.41, 5.74) is -0.0978. The molecule has 1 saturated heterocycles. The second-order valence-corrected chi connectivity index (χ2v) is 5.80. The van der Waals surface area contributed by atoms with Crippen molar-refractivity contribution in [2.75, 3.05) is 6.61 Å². The van der Waals surface area contributed by atoms with Crippen LogP contribution in [0.4, 0.5) is 0 Å². The van der Waals surface area contributed by atoms with Crippen LogP contribution >= 0.6 is 0 Å². The third-order valence-electron chi connectivity index (χ3n) is 3.86. The summed E-state index contributed by atoms with van der Waals surface area (Å²) in [6, 6.07) is -0.200. The number of nitrogens with zero attached hydrogens (tertiary/aromatic N) is 2. The molecule has 0 bridgehead atoms. The van der Waals surface area contributed by atoms with Crippen LogP contribution in [0.1, 0.15) is 45.0 Å². The lowest BCUT2D eigenvalue weighted by atomic mass is 10.0. The summed E-state index contributed by atoms with van der Waals surface area (Å²) in [6.07, 6.45) is 1.53. The summed E-state index contributed by atoms with van der Waals surface area (Å²) in [5.74, 6) is 0.177. The number of aromatic nitrogens is 2. The van der Waals surface area contributed by atoms with Crippen molar-refractivity contribution in [1.82, 2.24) is 9.13 Å². The van der Waals surface area contributed by atoms with Gasteiger partial charge >= 0.3 is 5.69 Å².